The highest BCUT2D eigenvalue weighted by Gasteiger charge is 2.12. The molecule has 0 radical (unpaired) electrons. The molecule has 1 unspecified atom stereocenters. The smallest absolute Gasteiger partial charge is 0.134 e. The highest BCUT2D eigenvalue weighted by atomic mass is 31.0. The van der Waals surface area contributed by atoms with Gasteiger partial charge in [-0.25, -0.2) is 4.39 Å². The van der Waals surface area contributed by atoms with Gasteiger partial charge in [-0.05, 0) is 42.2 Å². The molecule has 0 bridgehead atoms. The number of halogens is 1. The number of hydrogen-bond donors (Lipinski definition) is 0. The standard InChI is InChI=1S/C17H18FOP/c1-4-13-5-7-14(8-6-13)10-19-16-12(3)11(2)9-15(18)17(16)20/h4-9H,1,10,20H2,2-3H3. The third kappa shape index (κ3) is 3.08. The van der Waals surface area contributed by atoms with Gasteiger partial charge in [0.05, 0.1) is 0 Å². The van der Waals surface area contributed by atoms with E-state index in [0.717, 1.165) is 22.3 Å². The van der Waals surface area contributed by atoms with Crippen LogP contribution in [0.15, 0.2) is 36.9 Å². The maximum atomic E-state index is 13.7. The second kappa shape index (κ2) is 6.19. The van der Waals surface area contributed by atoms with Crippen molar-refractivity contribution in [2.75, 3.05) is 0 Å². The first kappa shape index (κ1) is 14.7. The molecular weight excluding hydrogens is 270 g/mol. The Morgan fingerprint density at radius 1 is 1.25 bits per heavy atom. The van der Waals surface area contributed by atoms with Gasteiger partial charge in [0.1, 0.15) is 18.2 Å². The summed E-state index contributed by atoms with van der Waals surface area (Å²) in [7, 11) is 2.41. The van der Waals surface area contributed by atoms with E-state index in [-0.39, 0.29) is 5.82 Å². The third-order valence-electron chi connectivity index (χ3n) is 3.38. The van der Waals surface area contributed by atoms with Crippen LogP contribution in [-0.2, 0) is 6.61 Å². The van der Waals surface area contributed by atoms with Gasteiger partial charge in [-0.1, -0.05) is 46.2 Å². The Morgan fingerprint density at radius 3 is 2.50 bits per heavy atom. The fourth-order valence-electron chi connectivity index (χ4n) is 1.96. The fraction of sp³-hybridized carbons (Fsp3) is 0.176. The Labute approximate surface area is 121 Å². The molecule has 2 aromatic rings. The van der Waals surface area contributed by atoms with Gasteiger partial charge in [-0.3, -0.25) is 0 Å². The van der Waals surface area contributed by atoms with Crippen LogP contribution in [0.3, 0.4) is 0 Å². The number of hydrogen-bond acceptors (Lipinski definition) is 1. The molecule has 2 rings (SSSR count). The van der Waals surface area contributed by atoms with Crippen LogP contribution in [0.4, 0.5) is 4.39 Å². The van der Waals surface area contributed by atoms with E-state index in [4.69, 9.17) is 4.74 Å². The summed E-state index contributed by atoms with van der Waals surface area (Å²) in [4.78, 5) is 0. The Hall–Kier alpha value is -1.66. The molecular formula is C17H18FOP. The van der Waals surface area contributed by atoms with Gasteiger partial charge in [0, 0.05) is 5.30 Å². The molecule has 0 spiro atoms. The van der Waals surface area contributed by atoms with E-state index in [1.165, 1.54) is 6.07 Å². The van der Waals surface area contributed by atoms with Gasteiger partial charge >= 0.3 is 0 Å². The lowest BCUT2D eigenvalue weighted by Crippen LogP contribution is -2.10. The molecule has 0 aliphatic carbocycles. The van der Waals surface area contributed by atoms with Crippen LogP contribution in [0.1, 0.15) is 22.3 Å². The van der Waals surface area contributed by atoms with Gasteiger partial charge < -0.3 is 4.74 Å². The molecule has 0 fully saturated rings. The van der Waals surface area contributed by atoms with Crippen LogP contribution in [0.25, 0.3) is 6.08 Å². The second-order valence-corrected chi connectivity index (χ2v) is 5.35. The second-order valence-electron chi connectivity index (χ2n) is 4.78. The lowest BCUT2D eigenvalue weighted by molar-refractivity contribution is 0.305. The zero-order chi connectivity index (χ0) is 14.7. The lowest BCUT2D eigenvalue weighted by Gasteiger charge is -2.14. The van der Waals surface area contributed by atoms with E-state index in [0.29, 0.717) is 17.7 Å². The predicted molar refractivity (Wildman–Crippen MR) is 86.1 cm³/mol. The SMILES string of the molecule is C=Cc1ccc(COc2c(C)c(C)cc(F)c2P)cc1. The minimum Gasteiger partial charge on any atom is -0.488 e. The molecule has 0 saturated carbocycles. The first-order valence-corrected chi connectivity index (χ1v) is 7.00. The van der Waals surface area contributed by atoms with E-state index in [1.54, 1.807) is 6.08 Å². The summed E-state index contributed by atoms with van der Waals surface area (Å²) in [5.41, 5.74) is 3.98. The van der Waals surface area contributed by atoms with Gasteiger partial charge in [0.2, 0.25) is 0 Å². The Kier molecular flexibility index (Phi) is 4.57. The van der Waals surface area contributed by atoms with Crippen molar-refractivity contribution in [3.05, 3.63) is 65.0 Å². The Bertz CT molecular complexity index is 606. The maximum absolute atomic E-state index is 13.7. The topological polar surface area (TPSA) is 9.23 Å². The average molecular weight is 288 g/mol. The molecule has 0 aliphatic rings. The van der Waals surface area contributed by atoms with Crippen molar-refractivity contribution in [1.82, 2.24) is 0 Å². The zero-order valence-corrected chi connectivity index (χ0v) is 12.9. The highest BCUT2D eigenvalue weighted by molar-refractivity contribution is 7.27. The Morgan fingerprint density at radius 2 is 1.90 bits per heavy atom. The van der Waals surface area contributed by atoms with E-state index in [2.05, 4.69) is 15.8 Å². The molecule has 20 heavy (non-hydrogen) atoms. The Balaban J connectivity index is 2.20. The number of benzene rings is 2. The summed E-state index contributed by atoms with van der Waals surface area (Å²) in [6, 6.07) is 9.47. The summed E-state index contributed by atoms with van der Waals surface area (Å²) in [5.74, 6) is 0.357. The molecule has 2 aromatic carbocycles. The van der Waals surface area contributed by atoms with Gasteiger partial charge in [0.25, 0.3) is 0 Å². The van der Waals surface area contributed by atoms with Crippen molar-refractivity contribution in [3.8, 4) is 5.75 Å². The molecule has 104 valence electrons. The number of ether oxygens (including phenoxy) is 1. The monoisotopic (exact) mass is 288 g/mol. The highest BCUT2D eigenvalue weighted by Crippen LogP contribution is 2.24. The molecule has 1 atom stereocenters. The van der Waals surface area contributed by atoms with Gasteiger partial charge in [-0.15, -0.1) is 0 Å². The van der Waals surface area contributed by atoms with Crippen LogP contribution >= 0.6 is 9.24 Å². The van der Waals surface area contributed by atoms with Crippen molar-refractivity contribution < 1.29 is 9.13 Å². The molecule has 0 amide bonds. The molecule has 0 aliphatic heterocycles. The van der Waals surface area contributed by atoms with Crippen LogP contribution in [-0.4, -0.2) is 0 Å². The van der Waals surface area contributed by atoms with Crippen molar-refractivity contribution in [2.24, 2.45) is 0 Å². The first-order chi connectivity index (χ1) is 9.52. The largest absolute Gasteiger partial charge is 0.488 e. The molecule has 3 heteroatoms. The molecule has 1 nitrogen and oxygen atoms in total. The molecule has 0 N–H and O–H groups in total. The number of aryl methyl sites for hydroxylation is 1. The quantitative estimate of drug-likeness (QED) is 0.767. The van der Waals surface area contributed by atoms with Gasteiger partial charge in [-0.2, -0.15) is 0 Å². The van der Waals surface area contributed by atoms with Gasteiger partial charge in [0.15, 0.2) is 0 Å². The van der Waals surface area contributed by atoms with Crippen molar-refractivity contribution in [2.45, 2.75) is 20.5 Å². The summed E-state index contributed by atoms with van der Waals surface area (Å²) < 4.78 is 19.5. The average Bonchev–Trinajstić information content (AvgIpc) is 2.46. The molecule has 0 aromatic heterocycles. The van der Waals surface area contributed by atoms with Crippen molar-refractivity contribution >= 4 is 20.6 Å². The van der Waals surface area contributed by atoms with Crippen LogP contribution < -0.4 is 10.0 Å². The maximum Gasteiger partial charge on any atom is 0.134 e. The van der Waals surface area contributed by atoms with E-state index in [9.17, 15) is 4.39 Å². The first-order valence-electron chi connectivity index (χ1n) is 6.42. The van der Waals surface area contributed by atoms with E-state index in [1.807, 2.05) is 38.1 Å². The summed E-state index contributed by atoms with van der Waals surface area (Å²) in [5, 5.41) is 0.482. The third-order valence-corrected chi connectivity index (χ3v) is 3.91. The molecule has 0 heterocycles. The lowest BCUT2D eigenvalue weighted by atomic mass is 10.1. The predicted octanol–water partition coefficient (Wildman–Crippen LogP) is 4.16. The van der Waals surface area contributed by atoms with Crippen LogP contribution in [0.2, 0.25) is 0 Å². The summed E-state index contributed by atoms with van der Waals surface area (Å²) in [6.45, 7) is 7.97. The normalized spacial score (nSPS) is 10.4. The number of rotatable bonds is 4. The van der Waals surface area contributed by atoms with E-state index < -0.39 is 0 Å². The van der Waals surface area contributed by atoms with Crippen LogP contribution in [0, 0.1) is 19.7 Å². The minimum atomic E-state index is -0.255. The fourth-order valence-corrected chi connectivity index (χ4v) is 2.34. The summed E-state index contributed by atoms with van der Waals surface area (Å²) in [6.07, 6.45) is 1.80. The van der Waals surface area contributed by atoms with Crippen molar-refractivity contribution in [1.29, 1.82) is 0 Å². The summed E-state index contributed by atoms with van der Waals surface area (Å²) >= 11 is 0. The molecule has 0 saturated heterocycles. The van der Waals surface area contributed by atoms with Crippen molar-refractivity contribution in [3.63, 3.8) is 0 Å². The van der Waals surface area contributed by atoms with Crippen LogP contribution in [0.5, 0.6) is 5.75 Å². The van der Waals surface area contributed by atoms with E-state index >= 15 is 0 Å². The zero-order valence-electron chi connectivity index (χ0n) is 11.7. The minimum absolute atomic E-state index is 0.255.